The molecule has 84 valence electrons. The van der Waals surface area contributed by atoms with Crippen molar-refractivity contribution < 1.29 is 28.7 Å². The van der Waals surface area contributed by atoms with E-state index < -0.39 is 29.8 Å². The van der Waals surface area contributed by atoms with E-state index in [0.29, 0.717) is 0 Å². The summed E-state index contributed by atoms with van der Waals surface area (Å²) in [4.78, 5) is 42.9. The first-order valence-corrected chi connectivity index (χ1v) is 4.32. The van der Waals surface area contributed by atoms with Crippen molar-refractivity contribution in [3.63, 3.8) is 0 Å². The number of hydrogen-bond acceptors (Lipinski definition) is 6. The first-order chi connectivity index (χ1) is 6.88. The molecule has 0 amide bonds. The number of ether oxygens (including phenoxy) is 2. The molecule has 0 aliphatic heterocycles. The van der Waals surface area contributed by atoms with Crippen molar-refractivity contribution in [2.75, 3.05) is 0 Å². The number of rotatable bonds is 4. The van der Waals surface area contributed by atoms with E-state index in [9.17, 15) is 19.2 Å². The van der Waals surface area contributed by atoms with Crippen LogP contribution in [0.15, 0.2) is 0 Å². The summed E-state index contributed by atoms with van der Waals surface area (Å²) >= 11 is 0. The molecule has 0 bridgehead atoms. The minimum atomic E-state index is -1.22. The molecule has 0 rings (SSSR count). The van der Waals surface area contributed by atoms with E-state index in [1.165, 1.54) is 0 Å². The van der Waals surface area contributed by atoms with Crippen molar-refractivity contribution in [3.8, 4) is 0 Å². The highest BCUT2D eigenvalue weighted by Crippen LogP contribution is 2.02. The van der Waals surface area contributed by atoms with E-state index in [1.54, 1.807) is 6.92 Å². The van der Waals surface area contributed by atoms with Crippen molar-refractivity contribution in [2.45, 2.75) is 33.3 Å². The summed E-state index contributed by atoms with van der Waals surface area (Å²) in [6, 6.07) is 0. The Bertz CT molecular complexity index is 293. The smallest absolute Gasteiger partial charge is 0.375 e. The molecule has 1 atom stereocenters. The number of Topliss-reactive ketones (excluding diaryl/α,β-unsaturated/α-hetero) is 1. The predicted molar refractivity (Wildman–Crippen MR) is 47.6 cm³/mol. The molecule has 0 aromatic carbocycles. The summed E-state index contributed by atoms with van der Waals surface area (Å²) in [5, 5.41) is 0. The summed E-state index contributed by atoms with van der Waals surface area (Å²) in [7, 11) is 0. The molecule has 15 heavy (non-hydrogen) atoms. The van der Waals surface area contributed by atoms with Crippen LogP contribution in [0.2, 0.25) is 0 Å². The maximum absolute atomic E-state index is 11.1. The molecule has 6 heteroatoms. The standard InChI is InChI=1S/C9H12O6/c1-4-7(9(13)14-6(3)11)15-8(12)5(2)10/h7H,4H2,1-3H3. The van der Waals surface area contributed by atoms with Gasteiger partial charge in [0, 0.05) is 13.8 Å². The van der Waals surface area contributed by atoms with Crippen molar-refractivity contribution in [2.24, 2.45) is 0 Å². The van der Waals surface area contributed by atoms with Crippen molar-refractivity contribution in [1.29, 1.82) is 0 Å². The second-order valence-electron chi connectivity index (χ2n) is 2.77. The van der Waals surface area contributed by atoms with Gasteiger partial charge < -0.3 is 9.47 Å². The number of carbonyl (C=O) groups excluding carboxylic acids is 4. The summed E-state index contributed by atoms with van der Waals surface area (Å²) in [6.45, 7) is 3.63. The van der Waals surface area contributed by atoms with Crippen LogP contribution in [0.4, 0.5) is 0 Å². The monoisotopic (exact) mass is 216 g/mol. The van der Waals surface area contributed by atoms with E-state index in [0.717, 1.165) is 13.8 Å². The molecule has 0 fully saturated rings. The van der Waals surface area contributed by atoms with Crippen molar-refractivity contribution in [3.05, 3.63) is 0 Å². The van der Waals surface area contributed by atoms with E-state index in [4.69, 9.17) is 0 Å². The van der Waals surface area contributed by atoms with Gasteiger partial charge in [-0.15, -0.1) is 0 Å². The van der Waals surface area contributed by atoms with Crippen molar-refractivity contribution in [1.82, 2.24) is 0 Å². The number of esters is 3. The average molecular weight is 216 g/mol. The van der Waals surface area contributed by atoms with Gasteiger partial charge in [0.05, 0.1) is 0 Å². The third kappa shape index (κ3) is 4.90. The van der Waals surface area contributed by atoms with E-state index in [-0.39, 0.29) is 6.42 Å². The Morgan fingerprint density at radius 1 is 1.13 bits per heavy atom. The molecule has 0 radical (unpaired) electrons. The summed E-state index contributed by atoms with van der Waals surface area (Å²) in [5.74, 6) is -3.71. The summed E-state index contributed by atoms with van der Waals surface area (Å²) < 4.78 is 8.73. The van der Waals surface area contributed by atoms with Crippen molar-refractivity contribution >= 4 is 23.7 Å². The Morgan fingerprint density at radius 3 is 2.00 bits per heavy atom. The Hall–Kier alpha value is -1.72. The fourth-order valence-corrected chi connectivity index (χ4v) is 0.718. The topological polar surface area (TPSA) is 86.7 Å². The Balaban J connectivity index is 4.36. The highest BCUT2D eigenvalue weighted by molar-refractivity contribution is 6.32. The lowest BCUT2D eigenvalue weighted by Gasteiger charge is -2.12. The highest BCUT2D eigenvalue weighted by atomic mass is 16.6. The molecule has 0 N–H and O–H groups in total. The second-order valence-corrected chi connectivity index (χ2v) is 2.77. The molecule has 1 unspecified atom stereocenters. The maximum Gasteiger partial charge on any atom is 0.375 e. The lowest BCUT2D eigenvalue weighted by atomic mass is 10.3. The third-order valence-corrected chi connectivity index (χ3v) is 1.41. The molecule has 0 saturated heterocycles. The zero-order chi connectivity index (χ0) is 12.0. The van der Waals surface area contributed by atoms with Crippen LogP contribution in [-0.4, -0.2) is 29.8 Å². The van der Waals surface area contributed by atoms with Crippen LogP contribution in [0.1, 0.15) is 27.2 Å². The van der Waals surface area contributed by atoms with Gasteiger partial charge in [-0.2, -0.15) is 0 Å². The van der Waals surface area contributed by atoms with Gasteiger partial charge in [0.15, 0.2) is 6.10 Å². The van der Waals surface area contributed by atoms with Crippen LogP contribution in [-0.2, 0) is 28.7 Å². The summed E-state index contributed by atoms with van der Waals surface area (Å²) in [5.41, 5.74) is 0. The van der Waals surface area contributed by atoms with Crippen LogP contribution < -0.4 is 0 Å². The number of hydrogen-bond donors (Lipinski definition) is 0. The molecule has 0 aromatic rings. The zero-order valence-corrected chi connectivity index (χ0v) is 8.73. The van der Waals surface area contributed by atoms with E-state index in [2.05, 4.69) is 9.47 Å². The zero-order valence-electron chi connectivity index (χ0n) is 8.73. The first kappa shape index (κ1) is 13.3. The largest absolute Gasteiger partial charge is 0.445 e. The highest BCUT2D eigenvalue weighted by Gasteiger charge is 2.25. The SMILES string of the molecule is CCC(OC(=O)C(C)=O)C(=O)OC(C)=O. The number of carbonyl (C=O) groups is 4. The van der Waals surface area contributed by atoms with Crippen LogP contribution in [0.3, 0.4) is 0 Å². The first-order valence-electron chi connectivity index (χ1n) is 4.32. The molecule has 0 saturated carbocycles. The maximum atomic E-state index is 11.1. The lowest BCUT2D eigenvalue weighted by molar-refractivity contribution is -0.174. The van der Waals surface area contributed by atoms with Gasteiger partial charge in [0.1, 0.15) is 0 Å². The fourth-order valence-electron chi connectivity index (χ4n) is 0.718. The van der Waals surface area contributed by atoms with Gasteiger partial charge in [-0.1, -0.05) is 6.92 Å². The molecule has 0 aromatic heterocycles. The van der Waals surface area contributed by atoms with Gasteiger partial charge in [-0.25, -0.2) is 9.59 Å². The Labute approximate surface area is 86.5 Å². The molecule has 0 aliphatic carbocycles. The summed E-state index contributed by atoms with van der Waals surface area (Å²) in [6.07, 6.45) is -1.09. The van der Waals surface area contributed by atoms with Crippen LogP contribution in [0, 0.1) is 0 Å². The fraction of sp³-hybridized carbons (Fsp3) is 0.556. The average Bonchev–Trinajstić information content (AvgIpc) is 2.11. The minimum Gasteiger partial charge on any atom is -0.445 e. The van der Waals surface area contributed by atoms with E-state index in [1.807, 2.05) is 0 Å². The van der Waals surface area contributed by atoms with Gasteiger partial charge in [-0.05, 0) is 6.42 Å². The molecule has 6 nitrogen and oxygen atoms in total. The lowest BCUT2D eigenvalue weighted by Crippen LogP contribution is -2.31. The minimum absolute atomic E-state index is 0.130. The van der Waals surface area contributed by atoms with Gasteiger partial charge in [0.2, 0.25) is 5.78 Å². The van der Waals surface area contributed by atoms with Gasteiger partial charge in [-0.3, -0.25) is 9.59 Å². The molecular formula is C9H12O6. The molecular weight excluding hydrogens is 204 g/mol. The van der Waals surface area contributed by atoms with Crippen LogP contribution in [0.5, 0.6) is 0 Å². The Morgan fingerprint density at radius 2 is 1.67 bits per heavy atom. The predicted octanol–water partition coefficient (Wildman–Crippen LogP) is -0.0131. The molecule has 0 aliphatic rings. The van der Waals surface area contributed by atoms with Gasteiger partial charge >= 0.3 is 17.9 Å². The quantitative estimate of drug-likeness (QED) is 0.373. The molecule has 0 heterocycles. The Kier molecular flexibility index (Phi) is 5.22. The third-order valence-electron chi connectivity index (χ3n) is 1.41. The normalized spacial score (nSPS) is 11.4. The van der Waals surface area contributed by atoms with E-state index >= 15 is 0 Å². The second kappa shape index (κ2) is 5.90. The van der Waals surface area contributed by atoms with Crippen LogP contribution in [0.25, 0.3) is 0 Å². The van der Waals surface area contributed by atoms with Crippen LogP contribution >= 0.6 is 0 Å². The molecule has 0 spiro atoms. The number of ketones is 1. The van der Waals surface area contributed by atoms with Gasteiger partial charge in [0.25, 0.3) is 0 Å².